The molecule has 2 atom stereocenters. The average molecular weight is 306 g/mol. The van der Waals surface area contributed by atoms with Crippen molar-refractivity contribution in [3.8, 4) is 0 Å². The molecule has 2 fully saturated rings. The standard InChI is InChI=1S/C20H22N2O/c1-21-14-6-7-16(21)13-22(11-10-14)15-8-9-18-17-4-2-3-5-19(17)23-20(18)12-15/h2-5,8-9,12,14,16H,6-7,10-11,13H2,1H3. The van der Waals surface area contributed by atoms with Gasteiger partial charge in [0.05, 0.1) is 0 Å². The van der Waals surface area contributed by atoms with Gasteiger partial charge in [0, 0.05) is 47.7 Å². The van der Waals surface area contributed by atoms with Crippen LogP contribution in [-0.4, -0.2) is 37.1 Å². The Balaban J connectivity index is 1.54. The zero-order chi connectivity index (χ0) is 15.4. The molecule has 2 unspecified atom stereocenters. The highest BCUT2D eigenvalue weighted by atomic mass is 16.3. The second kappa shape index (κ2) is 5.00. The summed E-state index contributed by atoms with van der Waals surface area (Å²) in [5, 5.41) is 2.43. The topological polar surface area (TPSA) is 19.6 Å². The van der Waals surface area contributed by atoms with Gasteiger partial charge in [0.25, 0.3) is 0 Å². The molecule has 2 aliphatic heterocycles. The van der Waals surface area contributed by atoms with E-state index in [1.54, 1.807) is 0 Å². The van der Waals surface area contributed by atoms with Crippen LogP contribution in [-0.2, 0) is 0 Å². The summed E-state index contributed by atoms with van der Waals surface area (Å²) >= 11 is 0. The molecular weight excluding hydrogens is 284 g/mol. The van der Waals surface area contributed by atoms with Crippen molar-refractivity contribution in [1.29, 1.82) is 0 Å². The largest absolute Gasteiger partial charge is 0.456 e. The number of fused-ring (bicyclic) bond motifs is 5. The Labute approximate surface area is 136 Å². The molecule has 1 aromatic heterocycles. The van der Waals surface area contributed by atoms with E-state index in [1.165, 1.54) is 35.7 Å². The van der Waals surface area contributed by atoms with Gasteiger partial charge in [-0.3, -0.25) is 4.90 Å². The molecule has 3 heterocycles. The quantitative estimate of drug-likeness (QED) is 0.670. The fourth-order valence-electron chi connectivity index (χ4n) is 4.45. The Hall–Kier alpha value is -2.00. The zero-order valence-corrected chi connectivity index (χ0v) is 13.5. The predicted octanol–water partition coefficient (Wildman–Crippen LogP) is 4.26. The van der Waals surface area contributed by atoms with E-state index in [0.717, 1.165) is 30.3 Å². The van der Waals surface area contributed by atoms with Crippen molar-refractivity contribution in [2.75, 3.05) is 25.0 Å². The zero-order valence-electron chi connectivity index (χ0n) is 13.5. The number of nitrogens with zero attached hydrogens (tertiary/aromatic N) is 2. The molecule has 23 heavy (non-hydrogen) atoms. The Bertz CT molecular complexity index is 868. The lowest BCUT2D eigenvalue weighted by Crippen LogP contribution is -2.36. The predicted molar refractivity (Wildman–Crippen MR) is 95.1 cm³/mol. The summed E-state index contributed by atoms with van der Waals surface area (Å²) in [6.45, 7) is 2.29. The molecule has 3 heteroatoms. The summed E-state index contributed by atoms with van der Waals surface area (Å²) in [6, 6.07) is 16.5. The SMILES string of the molecule is CN1C2CCC1CN(c1ccc3c(c1)oc1ccccc13)CC2. The van der Waals surface area contributed by atoms with E-state index in [2.05, 4.69) is 53.2 Å². The van der Waals surface area contributed by atoms with Gasteiger partial charge in [-0.1, -0.05) is 18.2 Å². The average Bonchev–Trinajstić information content (AvgIpc) is 3.04. The van der Waals surface area contributed by atoms with E-state index < -0.39 is 0 Å². The minimum absolute atomic E-state index is 0.703. The summed E-state index contributed by atoms with van der Waals surface area (Å²) in [7, 11) is 2.30. The first-order valence-electron chi connectivity index (χ1n) is 8.68. The van der Waals surface area contributed by atoms with Crippen LogP contribution < -0.4 is 4.90 Å². The van der Waals surface area contributed by atoms with Crippen LogP contribution in [0.15, 0.2) is 46.9 Å². The van der Waals surface area contributed by atoms with Gasteiger partial charge < -0.3 is 9.32 Å². The normalized spacial score (nSPS) is 25.3. The highest BCUT2D eigenvalue weighted by Crippen LogP contribution is 2.34. The minimum atomic E-state index is 0.703. The minimum Gasteiger partial charge on any atom is -0.456 e. The van der Waals surface area contributed by atoms with Gasteiger partial charge in [-0.2, -0.15) is 0 Å². The summed E-state index contributed by atoms with van der Waals surface area (Å²) in [5.74, 6) is 0. The Kier molecular flexibility index (Phi) is 2.92. The number of anilines is 1. The molecule has 0 spiro atoms. The van der Waals surface area contributed by atoms with Crippen LogP contribution in [0.25, 0.3) is 21.9 Å². The fourth-order valence-corrected chi connectivity index (χ4v) is 4.45. The highest BCUT2D eigenvalue weighted by Gasteiger charge is 2.34. The lowest BCUT2D eigenvalue weighted by atomic mass is 10.1. The second-order valence-electron chi connectivity index (χ2n) is 7.06. The lowest BCUT2D eigenvalue weighted by molar-refractivity contribution is 0.254. The van der Waals surface area contributed by atoms with Crippen molar-refractivity contribution < 1.29 is 4.42 Å². The Morgan fingerprint density at radius 2 is 1.74 bits per heavy atom. The number of hydrogen-bond acceptors (Lipinski definition) is 3. The maximum atomic E-state index is 6.06. The molecule has 0 radical (unpaired) electrons. The van der Waals surface area contributed by atoms with Crippen molar-refractivity contribution in [3.63, 3.8) is 0 Å². The first-order chi connectivity index (χ1) is 11.3. The van der Waals surface area contributed by atoms with Gasteiger partial charge in [-0.25, -0.2) is 0 Å². The highest BCUT2D eigenvalue weighted by molar-refractivity contribution is 6.05. The van der Waals surface area contributed by atoms with Crippen molar-refractivity contribution in [2.24, 2.45) is 0 Å². The van der Waals surface area contributed by atoms with E-state index in [1.807, 2.05) is 6.07 Å². The Morgan fingerprint density at radius 1 is 0.913 bits per heavy atom. The lowest BCUT2D eigenvalue weighted by Gasteiger charge is -2.27. The van der Waals surface area contributed by atoms with Gasteiger partial charge in [0.15, 0.2) is 0 Å². The van der Waals surface area contributed by atoms with Gasteiger partial charge >= 0.3 is 0 Å². The smallest absolute Gasteiger partial charge is 0.137 e. The number of hydrogen-bond donors (Lipinski definition) is 0. The van der Waals surface area contributed by atoms with Crippen LogP contribution in [0.1, 0.15) is 19.3 Å². The molecule has 2 aliphatic rings. The van der Waals surface area contributed by atoms with E-state index >= 15 is 0 Å². The molecule has 2 bridgehead atoms. The van der Waals surface area contributed by atoms with Crippen LogP contribution in [0.5, 0.6) is 0 Å². The number of para-hydroxylation sites is 1. The molecule has 2 aromatic carbocycles. The van der Waals surface area contributed by atoms with Crippen LogP contribution in [0.3, 0.4) is 0 Å². The molecule has 0 saturated carbocycles. The molecule has 0 aliphatic carbocycles. The van der Waals surface area contributed by atoms with Crippen LogP contribution in [0, 0.1) is 0 Å². The maximum Gasteiger partial charge on any atom is 0.137 e. The third kappa shape index (κ3) is 2.07. The summed E-state index contributed by atoms with van der Waals surface area (Å²) in [6.07, 6.45) is 3.98. The number of likely N-dealkylation sites (N-methyl/N-ethyl adjacent to an activating group) is 1. The second-order valence-corrected chi connectivity index (χ2v) is 7.06. The molecule has 3 nitrogen and oxygen atoms in total. The molecule has 5 rings (SSSR count). The van der Waals surface area contributed by atoms with Gasteiger partial charge in [-0.05, 0) is 44.5 Å². The molecule has 0 amide bonds. The fraction of sp³-hybridized carbons (Fsp3) is 0.400. The third-order valence-electron chi connectivity index (χ3n) is 5.88. The van der Waals surface area contributed by atoms with Crippen molar-refractivity contribution in [1.82, 2.24) is 4.90 Å². The molecule has 2 saturated heterocycles. The van der Waals surface area contributed by atoms with E-state index in [9.17, 15) is 0 Å². The third-order valence-corrected chi connectivity index (χ3v) is 5.88. The molecule has 3 aromatic rings. The van der Waals surface area contributed by atoms with Gasteiger partial charge in [0.1, 0.15) is 11.2 Å². The summed E-state index contributed by atoms with van der Waals surface area (Å²) in [5.41, 5.74) is 3.29. The van der Waals surface area contributed by atoms with Crippen LogP contribution in [0.4, 0.5) is 5.69 Å². The van der Waals surface area contributed by atoms with Crippen molar-refractivity contribution in [2.45, 2.75) is 31.3 Å². The van der Waals surface area contributed by atoms with Gasteiger partial charge in [0.2, 0.25) is 0 Å². The van der Waals surface area contributed by atoms with Crippen LogP contribution in [0.2, 0.25) is 0 Å². The number of furan rings is 1. The number of rotatable bonds is 1. The first kappa shape index (κ1) is 13.4. The summed E-state index contributed by atoms with van der Waals surface area (Å²) in [4.78, 5) is 5.15. The van der Waals surface area contributed by atoms with Crippen molar-refractivity contribution >= 4 is 27.6 Å². The summed E-state index contributed by atoms with van der Waals surface area (Å²) < 4.78 is 6.06. The monoisotopic (exact) mass is 306 g/mol. The Morgan fingerprint density at radius 3 is 2.70 bits per heavy atom. The number of benzene rings is 2. The first-order valence-corrected chi connectivity index (χ1v) is 8.68. The molecule has 118 valence electrons. The molecular formula is C20H22N2O. The van der Waals surface area contributed by atoms with Crippen molar-refractivity contribution in [3.05, 3.63) is 42.5 Å². The van der Waals surface area contributed by atoms with Crippen LogP contribution >= 0.6 is 0 Å². The van der Waals surface area contributed by atoms with E-state index in [0.29, 0.717) is 6.04 Å². The van der Waals surface area contributed by atoms with E-state index in [-0.39, 0.29) is 0 Å². The van der Waals surface area contributed by atoms with Gasteiger partial charge in [-0.15, -0.1) is 0 Å². The molecule has 0 N–H and O–H groups in total. The maximum absolute atomic E-state index is 6.06. The van der Waals surface area contributed by atoms with E-state index in [4.69, 9.17) is 4.42 Å².